The molecule has 1 saturated heterocycles. The van der Waals surface area contributed by atoms with Gasteiger partial charge in [0.15, 0.2) is 0 Å². The summed E-state index contributed by atoms with van der Waals surface area (Å²) in [6, 6.07) is 9.71. The molecule has 2 aliphatic rings. The molecule has 3 rings (SSSR count). The average Bonchev–Trinajstić information content (AvgIpc) is 3.24. The van der Waals surface area contributed by atoms with Crippen LogP contribution in [0.1, 0.15) is 44.2 Å². The lowest BCUT2D eigenvalue weighted by molar-refractivity contribution is 0.155. The number of benzene rings is 1. The normalized spacial score (nSPS) is 32.0. The Labute approximate surface area is 123 Å². The lowest BCUT2D eigenvalue weighted by Crippen LogP contribution is -2.51. The minimum atomic E-state index is 0.329. The zero-order valence-corrected chi connectivity index (χ0v) is 13.2. The summed E-state index contributed by atoms with van der Waals surface area (Å²) in [6.07, 6.45) is 4.08. The second-order valence-electron chi connectivity index (χ2n) is 7.15. The summed E-state index contributed by atoms with van der Waals surface area (Å²) in [7, 11) is 0. The van der Waals surface area contributed by atoms with Crippen molar-refractivity contribution in [3.05, 3.63) is 35.4 Å². The molecule has 1 aliphatic carbocycles. The first-order valence-electron chi connectivity index (χ1n) is 8.11. The molecular formula is C18H28N2. The monoisotopic (exact) mass is 272 g/mol. The molecule has 2 nitrogen and oxygen atoms in total. The van der Waals surface area contributed by atoms with E-state index in [-0.39, 0.29) is 0 Å². The van der Waals surface area contributed by atoms with Gasteiger partial charge in [-0.2, -0.15) is 0 Å². The fraction of sp³-hybridized carbons (Fsp3) is 0.667. The number of hydrogen-bond acceptors (Lipinski definition) is 2. The highest BCUT2D eigenvalue weighted by Gasteiger charge is 2.43. The number of nitrogens with one attached hydrogen (secondary N) is 1. The summed E-state index contributed by atoms with van der Waals surface area (Å²) in [6.45, 7) is 10.4. The predicted molar refractivity (Wildman–Crippen MR) is 84.8 cm³/mol. The van der Waals surface area contributed by atoms with Crippen LogP contribution in [-0.2, 0) is 6.54 Å². The van der Waals surface area contributed by atoms with E-state index >= 15 is 0 Å². The topological polar surface area (TPSA) is 15.3 Å². The van der Waals surface area contributed by atoms with E-state index in [4.69, 9.17) is 0 Å². The summed E-state index contributed by atoms with van der Waals surface area (Å²) in [4.78, 5) is 2.68. The van der Waals surface area contributed by atoms with Crippen LogP contribution >= 0.6 is 0 Å². The van der Waals surface area contributed by atoms with Gasteiger partial charge in [-0.3, -0.25) is 4.90 Å². The van der Waals surface area contributed by atoms with E-state index in [9.17, 15) is 0 Å². The van der Waals surface area contributed by atoms with Gasteiger partial charge in [0.2, 0.25) is 0 Å². The molecule has 0 bridgehead atoms. The minimum absolute atomic E-state index is 0.329. The second kappa shape index (κ2) is 5.50. The number of rotatable bonds is 3. The Balaban J connectivity index is 1.73. The summed E-state index contributed by atoms with van der Waals surface area (Å²) >= 11 is 0. The van der Waals surface area contributed by atoms with E-state index in [1.54, 1.807) is 0 Å². The maximum atomic E-state index is 3.83. The predicted octanol–water partition coefficient (Wildman–Crippen LogP) is 3.35. The van der Waals surface area contributed by atoms with Gasteiger partial charge in [0.05, 0.1) is 0 Å². The molecule has 0 amide bonds. The van der Waals surface area contributed by atoms with E-state index < -0.39 is 0 Å². The highest BCUT2D eigenvalue weighted by Crippen LogP contribution is 2.41. The zero-order valence-electron chi connectivity index (χ0n) is 13.2. The third-order valence-electron chi connectivity index (χ3n) is 5.23. The van der Waals surface area contributed by atoms with Crippen LogP contribution in [0.4, 0.5) is 0 Å². The number of nitrogens with zero attached hydrogens (tertiary/aromatic N) is 1. The van der Waals surface area contributed by atoms with Crippen LogP contribution in [0.25, 0.3) is 0 Å². The molecule has 2 unspecified atom stereocenters. The van der Waals surface area contributed by atoms with E-state index in [1.165, 1.54) is 43.5 Å². The van der Waals surface area contributed by atoms with Gasteiger partial charge in [-0.1, -0.05) is 29.8 Å². The zero-order chi connectivity index (χ0) is 14.2. The van der Waals surface area contributed by atoms with Crippen LogP contribution in [0.5, 0.6) is 0 Å². The van der Waals surface area contributed by atoms with Gasteiger partial charge in [0.1, 0.15) is 0 Å². The fourth-order valence-electron chi connectivity index (χ4n) is 3.52. The van der Waals surface area contributed by atoms with E-state index in [1.807, 2.05) is 0 Å². The Morgan fingerprint density at radius 1 is 1.20 bits per heavy atom. The average molecular weight is 272 g/mol. The van der Waals surface area contributed by atoms with Gasteiger partial charge in [0, 0.05) is 24.7 Å². The third kappa shape index (κ3) is 3.07. The molecule has 1 heterocycles. The molecule has 1 aromatic rings. The van der Waals surface area contributed by atoms with Crippen molar-refractivity contribution in [1.82, 2.24) is 10.2 Å². The molecule has 1 N–H and O–H groups in total. The van der Waals surface area contributed by atoms with E-state index in [0.29, 0.717) is 11.6 Å². The minimum Gasteiger partial charge on any atom is -0.310 e. The Bertz CT molecular complexity index is 449. The molecule has 0 spiro atoms. The molecule has 2 fully saturated rings. The van der Waals surface area contributed by atoms with Crippen LogP contribution in [-0.4, -0.2) is 29.6 Å². The number of aryl methyl sites for hydroxylation is 1. The lowest BCUT2D eigenvalue weighted by Gasteiger charge is -2.36. The SMILES string of the molecule is Cc1ccc(CN2CC(C)(C3CC3)NCCC2C)cc1. The Morgan fingerprint density at radius 2 is 1.90 bits per heavy atom. The van der Waals surface area contributed by atoms with Gasteiger partial charge in [-0.25, -0.2) is 0 Å². The van der Waals surface area contributed by atoms with Crippen molar-refractivity contribution >= 4 is 0 Å². The van der Waals surface area contributed by atoms with Gasteiger partial charge in [-0.15, -0.1) is 0 Å². The van der Waals surface area contributed by atoms with Crippen LogP contribution < -0.4 is 5.32 Å². The fourth-order valence-corrected chi connectivity index (χ4v) is 3.52. The largest absolute Gasteiger partial charge is 0.310 e. The van der Waals surface area contributed by atoms with Crippen LogP contribution in [0.3, 0.4) is 0 Å². The lowest BCUT2D eigenvalue weighted by atomic mass is 9.95. The summed E-state index contributed by atoms with van der Waals surface area (Å²) in [5.74, 6) is 0.897. The van der Waals surface area contributed by atoms with Gasteiger partial charge in [0.25, 0.3) is 0 Å². The quantitative estimate of drug-likeness (QED) is 0.908. The van der Waals surface area contributed by atoms with Crippen molar-refractivity contribution in [3.8, 4) is 0 Å². The molecule has 1 saturated carbocycles. The molecule has 1 aliphatic heterocycles. The highest BCUT2D eigenvalue weighted by atomic mass is 15.2. The first kappa shape index (κ1) is 14.1. The second-order valence-corrected chi connectivity index (χ2v) is 7.15. The summed E-state index contributed by atoms with van der Waals surface area (Å²) < 4.78 is 0. The maximum absolute atomic E-state index is 3.83. The smallest absolute Gasteiger partial charge is 0.0308 e. The van der Waals surface area contributed by atoms with Crippen molar-refractivity contribution < 1.29 is 0 Å². The summed E-state index contributed by atoms with van der Waals surface area (Å²) in [5, 5.41) is 3.83. The van der Waals surface area contributed by atoms with Crippen molar-refractivity contribution in [2.24, 2.45) is 5.92 Å². The van der Waals surface area contributed by atoms with Crippen molar-refractivity contribution in [2.45, 2.75) is 58.2 Å². The van der Waals surface area contributed by atoms with E-state index in [0.717, 1.165) is 12.5 Å². The van der Waals surface area contributed by atoms with Crippen molar-refractivity contribution in [2.75, 3.05) is 13.1 Å². The third-order valence-corrected chi connectivity index (χ3v) is 5.23. The van der Waals surface area contributed by atoms with Crippen LogP contribution in [0, 0.1) is 12.8 Å². The molecule has 20 heavy (non-hydrogen) atoms. The highest BCUT2D eigenvalue weighted by molar-refractivity contribution is 5.21. The molecular weight excluding hydrogens is 244 g/mol. The molecule has 2 atom stereocenters. The number of hydrogen-bond donors (Lipinski definition) is 1. The first-order valence-corrected chi connectivity index (χ1v) is 8.11. The van der Waals surface area contributed by atoms with Crippen molar-refractivity contribution in [3.63, 3.8) is 0 Å². The molecule has 1 aromatic carbocycles. The van der Waals surface area contributed by atoms with E-state index in [2.05, 4.69) is 55.3 Å². The summed E-state index contributed by atoms with van der Waals surface area (Å²) in [5.41, 5.74) is 3.12. The molecule has 0 radical (unpaired) electrons. The Morgan fingerprint density at radius 3 is 2.55 bits per heavy atom. The standard InChI is InChI=1S/C18H28N2/c1-14-4-6-16(7-5-14)12-20-13-18(3,17-8-9-17)19-11-10-15(20)2/h4-7,15,17,19H,8-13H2,1-3H3. The van der Waals surface area contributed by atoms with Gasteiger partial charge >= 0.3 is 0 Å². The molecule has 0 aromatic heterocycles. The first-order chi connectivity index (χ1) is 9.57. The molecule has 2 heteroatoms. The van der Waals surface area contributed by atoms with Crippen LogP contribution in [0.15, 0.2) is 24.3 Å². The van der Waals surface area contributed by atoms with Gasteiger partial charge < -0.3 is 5.32 Å². The Kier molecular flexibility index (Phi) is 3.87. The van der Waals surface area contributed by atoms with Crippen molar-refractivity contribution in [1.29, 1.82) is 0 Å². The van der Waals surface area contributed by atoms with Crippen LogP contribution in [0.2, 0.25) is 0 Å². The van der Waals surface area contributed by atoms with Gasteiger partial charge in [-0.05, 0) is 58.1 Å². The Hall–Kier alpha value is -0.860. The maximum Gasteiger partial charge on any atom is 0.0308 e. The molecule has 110 valence electrons.